The highest BCUT2D eigenvalue weighted by molar-refractivity contribution is 5.93. The lowest BCUT2D eigenvalue weighted by molar-refractivity contribution is 0.128. The summed E-state index contributed by atoms with van der Waals surface area (Å²) >= 11 is 0. The van der Waals surface area contributed by atoms with Crippen LogP contribution in [0.2, 0.25) is 0 Å². The van der Waals surface area contributed by atoms with E-state index in [0.717, 1.165) is 37.6 Å². The van der Waals surface area contributed by atoms with Crippen molar-refractivity contribution in [3.63, 3.8) is 0 Å². The van der Waals surface area contributed by atoms with Crippen LogP contribution in [0.15, 0.2) is 36.7 Å². The van der Waals surface area contributed by atoms with Gasteiger partial charge in [0.1, 0.15) is 0 Å². The van der Waals surface area contributed by atoms with E-state index < -0.39 is 6.09 Å². The Hall–Kier alpha value is -2.87. The molecule has 0 saturated carbocycles. The second-order valence-corrected chi connectivity index (χ2v) is 8.46. The van der Waals surface area contributed by atoms with Crippen molar-refractivity contribution in [1.29, 1.82) is 0 Å². The summed E-state index contributed by atoms with van der Waals surface area (Å²) in [7, 11) is 0. The largest absolute Gasteiger partial charge is 0.465 e. The number of rotatable bonds is 2. The zero-order chi connectivity index (χ0) is 20.6. The first-order chi connectivity index (χ1) is 13.8. The lowest BCUT2D eigenvalue weighted by Crippen LogP contribution is -2.53. The molecule has 1 saturated heterocycles. The second-order valence-electron chi connectivity index (χ2n) is 8.46. The average Bonchev–Trinajstić information content (AvgIpc) is 2.72. The van der Waals surface area contributed by atoms with Gasteiger partial charge in [0.05, 0.1) is 29.5 Å². The molecule has 1 amide bonds. The lowest BCUT2D eigenvalue weighted by Gasteiger charge is -2.42. The Balaban J connectivity index is 1.50. The fourth-order valence-corrected chi connectivity index (χ4v) is 4.02. The first-order valence-corrected chi connectivity index (χ1v) is 10.0. The highest BCUT2D eigenvalue weighted by Crippen LogP contribution is 2.36. The molecule has 0 unspecified atom stereocenters. The van der Waals surface area contributed by atoms with Gasteiger partial charge in [0.15, 0.2) is 0 Å². The first-order valence-electron chi connectivity index (χ1n) is 10.0. The van der Waals surface area contributed by atoms with Crippen LogP contribution in [0, 0.1) is 0 Å². The van der Waals surface area contributed by atoms with Gasteiger partial charge >= 0.3 is 6.09 Å². The molecule has 1 aromatic carbocycles. The number of piperazine rings is 1. The van der Waals surface area contributed by atoms with Crippen LogP contribution in [0.1, 0.15) is 20.8 Å². The van der Waals surface area contributed by atoms with Crippen LogP contribution in [0.25, 0.3) is 0 Å². The standard InChI is InChI=1S/C21H28N6O2/c1-21(2,3)25-10-8-24(9-11-25)16-14-22-19(23-15-16)26-12-13-27(20(28)29)18-7-5-4-6-17(18)26/h4-7,14-15H,8-13H2,1-3H3,(H,28,29). The zero-order valence-electron chi connectivity index (χ0n) is 17.2. The molecule has 2 aliphatic heterocycles. The SMILES string of the molecule is CC(C)(C)N1CCN(c2cnc(N3CCN(C(=O)O)c4ccccc43)nc2)CC1. The highest BCUT2D eigenvalue weighted by atomic mass is 16.4. The zero-order valence-corrected chi connectivity index (χ0v) is 17.2. The molecule has 8 heteroatoms. The first kappa shape index (κ1) is 19.4. The topological polar surface area (TPSA) is 76.0 Å². The molecular weight excluding hydrogens is 368 g/mol. The van der Waals surface area contributed by atoms with E-state index in [9.17, 15) is 9.90 Å². The summed E-state index contributed by atoms with van der Waals surface area (Å²) in [4.78, 5) is 28.9. The van der Waals surface area contributed by atoms with Gasteiger partial charge in [-0.05, 0) is 32.9 Å². The summed E-state index contributed by atoms with van der Waals surface area (Å²) in [6.45, 7) is 11.6. The third-order valence-corrected chi connectivity index (χ3v) is 5.70. The maximum absolute atomic E-state index is 11.5. The highest BCUT2D eigenvalue weighted by Gasteiger charge is 2.29. The summed E-state index contributed by atoms with van der Waals surface area (Å²) in [5.41, 5.74) is 2.70. The number of benzene rings is 1. The van der Waals surface area contributed by atoms with Crippen LogP contribution in [-0.4, -0.2) is 70.9 Å². The predicted molar refractivity (Wildman–Crippen MR) is 114 cm³/mol. The number of para-hydroxylation sites is 2. The van der Waals surface area contributed by atoms with E-state index >= 15 is 0 Å². The number of nitrogens with zero attached hydrogens (tertiary/aromatic N) is 6. The van der Waals surface area contributed by atoms with Gasteiger partial charge in [-0.2, -0.15) is 0 Å². The van der Waals surface area contributed by atoms with Gasteiger partial charge < -0.3 is 14.9 Å². The number of carboxylic acid groups (broad SMARTS) is 1. The maximum atomic E-state index is 11.5. The van der Waals surface area contributed by atoms with Gasteiger partial charge in [-0.25, -0.2) is 14.8 Å². The van der Waals surface area contributed by atoms with Crippen molar-refractivity contribution in [2.45, 2.75) is 26.3 Å². The van der Waals surface area contributed by atoms with Crippen molar-refractivity contribution in [3.05, 3.63) is 36.7 Å². The van der Waals surface area contributed by atoms with E-state index in [1.165, 1.54) is 4.90 Å². The molecule has 3 heterocycles. The van der Waals surface area contributed by atoms with Gasteiger partial charge in [0, 0.05) is 44.8 Å². The Bertz CT molecular complexity index is 871. The molecule has 2 aromatic rings. The van der Waals surface area contributed by atoms with Crippen molar-refractivity contribution >= 4 is 29.1 Å². The van der Waals surface area contributed by atoms with Crippen LogP contribution in [0.5, 0.6) is 0 Å². The molecular formula is C21H28N6O2. The molecule has 4 rings (SSSR count). The van der Waals surface area contributed by atoms with E-state index in [-0.39, 0.29) is 5.54 Å². The van der Waals surface area contributed by atoms with E-state index in [1.807, 2.05) is 41.6 Å². The summed E-state index contributed by atoms with van der Waals surface area (Å²) in [6.07, 6.45) is 2.81. The van der Waals surface area contributed by atoms with Gasteiger partial charge in [-0.3, -0.25) is 9.80 Å². The van der Waals surface area contributed by atoms with Crippen molar-refractivity contribution in [2.24, 2.45) is 0 Å². The number of fused-ring (bicyclic) bond motifs is 1. The quantitative estimate of drug-likeness (QED) is 0.836. The third-order valence-electron chi connectivity index (χ3n) is 5.70. The molecule has 1 fully saturated rings. The summed E-state index contributed by atoms with van der Waals surface area (Å²) in [6, 6.07) is 7.48. The molecule has 2 aliphatic rings. The van der Waals surface area contributed by atoms with Crippen LogP contribution in [0.4, 0.5) is 27.8 Å². The molecule has 1 N–H and O–H groups in total. The van der Waals surface area contributed by atoms with Gasteiger partial charge in [0.2, 0.25) is 5.95 Å². The Morgan fingerprint density at radius 2 is 1.55 bits per heavy atom. The van der Waals surface area contributed by atoms with E-state index in [1.54, 1.807) is 0 Å². The van der Waals surface area contributed by atoms with Crippen molar-refractivity contribution in [2.75, 3.05) is 54.0 Å². The number of aromatic nitrogens is 2. The number of hydrogen-bond acceptors (Lipinski definition) is 6. The maximum Gasteiger partial charge on any atom is 0.411 e. The Morgan fingerprint density at radius 3 is 2.14 bits per heavy atom. The predicted octanol–water partition coefficient (Wildman–Crippen LogP) is 3.03. The number of amides is 1. The number of hydrogen-bond donors (Lipinski definition) is 1. The van der Waals surface area contributed by atoms with Crippen LogP contribution in [-0.2, 0) is 0 Å². The number of anilines is 4. The fourth-order valence-electron chi connectivity index (χ4n) is 4.02. The minimum atomic E-state index is -0.942. The Morgan fingerprint density at radius 1 is 0.931 bits per heavy atom. The van der Waals surface area contributed by atoms with E-state index in [4.69, 9.17) is 0 Å². The Labute approximate surface area is 171 Å². The summed E-state index contributed by atoms with van der Waals surface area (Å²) < 4.78 is 0. The average molecular weight is 396 g/mol. The molecule has 0 spiro atoms. The van der Waals surface area contributed by atoms with Crippen LogP contribution >= 0.6 is 0 Å². The van der Waals surface area contributed by atoms with Crippen molar-refractivity contribution < 1.29 is 9.90 Å². The van der Waals surface area contributed by atoms with Crippen LogP contribution in [0.3, 0.4) is 0 Å². The molecule has 8 nitrogen and oxygen atoms in total. The summed E-state index contributed by atoms with van der Waals surface area (Å²) in [5.74, 6) is 0.597. The minimum absolute atomic E-state index is 0.192. The minimum Gasteiger partial charge on any atom is -0.465 e. The normalized spacial score (nSPS) is 18.0. The van der Waals surface area contributed by atoms with Crippen LogP contribution < -0.4 is 14.7 Å². The molecule has 154 valence electrons. The van der Waals surface area contributed by atoms with Gasteiger partial charge in [0.25, 0.3) is 0 Å². The lowest BCUT2D eigenvalue weighted by atomic mass is 10.0. The number of carbonyl (C=O) groups is 1. The Kier molecular flexibility index (Phi) is 5.04. The van der Waals surface area contributed by atoms with Gasteiger partial charge in [-0.1, -0.05) is 12.1 Å². The molecule has 0 atom stereocenters. The smallest absolute Gasteiger partial charge is 0.411 e. The van der Waals surface area contributed by atoms with E-state index in [2.05, 4.69) is 40.5 Å². The van der Waals surface area contributed by atoms with Crippen molar-refractivity contribution in [1.82, 2.24) is 14.9 Å². The second kappa shape index (κ2) is 7.51. The monoisotopic (exact) mass is 396 g/mol. The van der Waals surface area contributed by atoms with Gasteiger partial charge in [-0.15, -0.1) is 0 Å². The molecule has 29 heavy (non-hydrogen) atoms. The molecule has 0 radical (unpaired) electrons. The summed E-state index contributed by atoms with van der Waals surface area (Å²) in [5, 5.41) is 9.46. The third kappa shape index (κ3) is 3.85. The molecule has 0 aliphatic carbocycles. The van der Waals surface area contributed by atoms with Crippen molar-refractivity contribution in [3.8, 4) is 0 Å². The molecule has 0 bridgehead atoms. The fraction of sp³-hybridized carbons (Fsp3) is 0.476. The van der Waals surface area contributed by atoms with E-state index in [0.29, 0.717) is 24.7 Å². The molecule has 1 aromatic heterocycles.